The van der Waals surface area contributed by atoms with Crippen LogP contribution in [0.5, 0.6) is 0 Å². The van der Waals surface area contributed by atoms with Crippen molar-refractivity contribution in [2.75, 3.05) is 0 Å². The first-order valence-corrected chi connectivity index (χ1v) is 8.71. The molecule has 0 aliphatic heterocycles. The molecule has 0 saturated heterocycles. The molecule has 132 valence electrons. The van der Waals surface area contributed by atoms with Crippen LogP contribution in [0, 0.1) is 35.5 Å². The van der Waals surface area contributed by atoms with Gasteiger partial charge in [0, 0.05) is 9.82 Å². The zero-order valence-electron chi connectivity index (χ0n) is 14.6. The number of fused-ring (bicyclic) bond motifs is 2. The molecule has 2 N–H and O–H groups in total. The van der Waals surface area contributed by atoms with Gasteiger partial charge in [-0.15, -0.1) is 0 Å². The Morgan fingerprint density at radius 3 is 1.42 bits per heavy atom. The van der Waals surface area contributed by atoms with Crippen molar-refractivity contribution in [2.45, 2.75) is 63.8 Å². The summed E-state index contributed by atoms with van der Waals surface area (Å²) in [7, 11) is 0. The van der Waals surface area contributed by atoms with Gasteiger partial charge in [-0.2, -0.15) is 0 Å². The molecule has 4 aliphatic carbocycles. The van der Waals surface area contributed by atoms with Gasteiger partial charge < -0.3 is 10.2 Å². The van der Waals surface area contributed by atoms with E-state index >= 15 is 0 Å². The van der Waals surface area contributed by atoms with Crippen LogP contribution >= 0.6 is 0 Å². The molecule has 0 heterocycles. The lowest BCUT2D eigenvalue weighted by Gasteiger charge is -2.25. The van der Waals surface area contributed by atoms with E-state index in [4.69, 9.17) is 11.1 Å². The Morgan fingerprint density at radius 2 is 1.17 bits per heavy atom. The lowest BCUT2D eigenvalue weighted by molar-refractivity contribution is 0.0935. The summed E-state index contributed by atoms with van der Waals surface area (Å²) in [6.07, 6.45) is 0.752. The predicted molar refractivity (Wildman–Crippen MR) is 88.6 cm³/mol. The van der Waals surface area contributed by atoms with Gasteiger partial charge in [0.2, 0.25) is 0 Å². The van der Waals surface area contributed by atoms with E-state index in [-0.39, 0.29) is 0 Å². The maximum Gasteiger partial charge on any atom is 0.0752 e. The van der Waals surface area contributed by atoms with Gasteiger partial charge in [0.25, 0.3) is 0 Å². The standard InChI is InChI=1S/2C8H13N3O/c2*1-4-5-3-6(12)8(2,7(4)5)10-11-9/h2*4-7,12H,3H2,1-2H3/t2*4-,5?,6?,7?,8?/m00/s1. The second-order valence-corrected chi connectivity index (χ2v) is 8.43. The molecule has 4 saturated carbocycles. The average Bonchev–Trinajstić information content (AvgIpc) is 3.27. The van der Waals surface area contributed by atoms with Gasteiger partial charge in [-0.1, -0.05) is 37.9 Å². The summed E-state index contributed by atoms with van der Waals surface area (Å²) in [6, 6.07) is 0. The van der Waals surface area contributed by atoms with Crippen molar-refractivity contribution in [2.24, 2.45) is 45.7 Å². The van der Waals surface area contributed by atoms with E-state index in [9.17, 15) is 10.2 Å². The summed E-state index contributed by atoms with van der Waals surface area (Å²) in [4.78, 5) is 5.63. The third kappa shape index (κ3) is 2.29. The first kappa shape index (κ1) is 17.4. The van der Waals surface area contributed by atoms with Crippen molar-refractivity contribution in [3.8, 4) is 0 Å². The molecule has 0 aromatic heterocycles. The fourth-order valence-electron chi connectivity index (χ4n) is 5.64. The van der Waals surface area contributed by atoms with Crippen LogP contribution in [-0.2, 0) is 0 Å². The van der Waals surface area contributed by atoms with Crippen molar-refractivity contribution in [3.05, 3.63) is 20.9 Å². The Balaban J connectivity index is 0.000000141. The van der Waals surface area contributed by atoms with Gasteiger partial charge in [-0.05, 0) is 59.4 Å². The topological polar surface area (TPSA) is 138 Å². The zero-order valence-corrected chi connectivity index (χ0v) is 14.6. The van der Waals surface area contributed by atoms with Crippen molar-refractivity contribution in [1.29, 1.82) is 0 Å². The SMILES string of the molecule is C[C@H]1C2CC(O)C(C)(N=[N+]=[N-])C21.C[C@H]1C2CC(O)C(C)(N=[N+]=[N-])C21. The van der Waals surface area contributed by atoms with Gasteiger partial charge in [0.15, 0.2) is 0 Å². The maximum absolute atomic E-state index is 9.63. The summed E-state index contributed by atoms with van der Waals surface area (Å²) in [6.45, 7) is 8.05. The molecule has 0 amide bonds. The highest BCUT2D eigenvalue weighted by Gasteiger charge is 2.66. The molecular formula is C16H26N6O2. The summed E-state index contributed by atoms with van der Waals surface area (Å²) in [5.74, 6) is 3.28. The summed E-state index contributed by atoms with van der Waals surface area (Å²) in [5, 5.41) is 26.7. The second-order valence-electron chi connectivity index (χ2n) is 8.43. The molecule has 0 radical (unpaired) electrons. The molecular weight excluding hydrogens is 308 g/mol. The van der Waals surface area contributed by atoms with Gasteiger partial charge in [-0.25, -0.2) is 0 Å². The molecule has 0 aromatic carbocycles. The molecule has 4 rings (SSSR count). The van der Waals surface area contributed by atoms with Gasteiger partial charge in [-0.3, -0.25) is 0 Å². The van der Waals surface area contributed by atoms with E-state index in [0.717, 1.165) is 12.8 Å². The maximum atomic E-state index is 9.63. The highest BCUT2D eigenvalue weighted by molar-refractivity contribution is 5.19. The van der Waals surface area contributed by atoms with Crippen molar-refractivity contribution in [3.63, 3.8) is 0 Å². The number of azide groups is 2. The molecule has 8 unspecified atom stereocenters. The number of rotatable bonds is 2. The number of aliphatic hydroxyl groups excluding tert-OH is 2. The zero-order chi connectivity index (χ0) is 17.9. The Hall–Kier alpha value is -1.46. The van der Waals surface area contributed by atoms with Crippen LogP contribution < -0.4 is 0 Å². The van der Waals surface area contributed by atoms with Crippen LogP contribution in [0.15, 0.2) is 10.2 Å². The second kappa shape index (κ2) is 5.53. The average molecular weight is 334 g/mol. The molecule has 0 spiro atoms. The summed E-state index contributed by atoms with van der Waals surface area (Å²) < 4.78 is 0. The fourth-order valence-corrected chi connectivity index (χ4v) is 5.64. The molecule has 0 aromatic rings. The Kier molecular flexibility index (Phi) is 4.00. The summed E-state index contributed by atoms with van der Waals surface area (Å²) >= 11 is 0. The van der Waals surface area contributed by atoms with Crippen molar-refractivity contribution >= 4 is 0 Å². The number of nitrogens with zero attached hydrogens (tertiary/aromatic N) is 6. The van der Waals surface area contributed by atoms with Crippen LogP contribution in [-0.4, -0.2) is 33.5 Å². The largest absolute Gasteiger partial charge is 0.392 e. The molecule has 8 nitrogen and oxygen atoms in total. The van der Waals surface area contributed by atoms with Gasteiger partial charge in [0.1, 0.15) is 0 Å². The normalized spacial score (nSPS) is 55.9. The van der Waals surface area contributed by atoms with Crippen LogP contribution in [0.3, 0.4) is 0 Å². The molecule has 24 heavy (non-hydrogen) atoms. The van der Waals surface area contributed by atoms with Gasteiger partial charge in [0.05, 0.1) is 23.3 Å². The molecule has 0 bridgehead atoms. The minimum Gasteiger partial charge on any atom is -0.392 e. The molecule has 4 fully saturated rings. The first-order valence-electron chi connectivity index (χ1n) is 8.71. The third-order valence-corrected chi connectivity index (χ3v) is 7.33. The highest BCUT2D eigenvalue weighted by atomic mass is 16.3. The Morgan fingerprint density at radius 1 is 0.833 bits per heavy atom. The quantitative estimate of drug-likeness (QED) is 0.454. The lowest BCUT2D eigenvalue weighted by Crippen LogP contribution is -2.36. The Labute approximate surface area is 141 Å². The van der Waals surface area contributed by atoms with E-state index in [1.165, 1.54) is 0 Å². The van der Waals surface area contributed by atoms with Crippen LogP contribution in [0.2, 0.25) is 0 Å². The molecule has 10 atom stereocenters. The van der Waals surface area contributed by atoms with E-state index < -0.39 is 23.3 Å². The van der Waals surface area contributed by atoms with E-state index in [0.29, 0.717) is 35.5 Å². The van der Waals surface area contributed by atoms with Crippen molar-refractivity contribution in [1.82, 2.24) is 0 Å². The number of hydrogen-bond acceptors (Lipinski definition) is 4. The highest BCUT2D eigenvalue weighted by Crippen LogP contribution is 2.64. The first-order chi connectivity index (χ1) is 11.2. The van der Waals surface area contributed by atoms with Crippen LogP contribution in [0.4, 0.5) is 0 Å². The predicted octanol–water partition coefficient (Wildman–Crippen LogP) is 3.40. The van der Waals surface area contributed by atoms with Gasteiger partial charge >= 0.3 is 0 Å². The van der Waals surface area contributed by atoms with Crippen molar-refractivity contribution < 1.29 is 10.2 Å². The summed E-state index contributed by atoms with van der Waals surface area (Å²) in [5.41, 5.74) is 15.7. The Bertz CT molecular complexity index is 576. The molecule has 4 aliphatic rings. The lowest BCUT2D eigenvalue weighted by atomic mass is 9.91. The van der Waals surface area contributed by atoms with Crippen LogP contribution in [0.25, 0.3) is 20.9 Å². The molecule has 8 heteroatoms. The van der Waals surface area contributed by atoms with E-state index in [1.807, 2.05) is 13.8 Å². The van der Waals surface area contributed by atoms with E-state index in [1.54, 1.807) is 0 Å². The smallest absolute Gasteiger partial charge is 0.0752 e. The monoisotopic (exact) mass is 334 g/mol. The fraction of sp³-hybridized carbons (Fsp3) is 1.00. The van der Waals surface area contributed by atoms with Crippen LogP contribution in [0.1, 0.15) is 40.5 Å². The third-order valence-electron chi connectivity index (χ3n) is 7.33. The minimum absolute atomic E-state index is 0.420. The minimum atomic E-state index is -0.529. The number of aliphatic hydroxyl groups is 2. The number of hydrogen-bond donors (Lipinski definition) is 2. The van der Waals surface area contributed by atoms with E-state index in [2.05, 4.69) is 33.9 Å².